The highest BCUT2D eigenvalue weighted by Crippen LogP contribution is 2.44. The number of likely N-dealkylation sites (tertiary alicyclic amines) is 1. The van der Waals surface area contributed by atoms with Gasteiger partial charge in [-0.25, -0.2) is 13.4 Å². The molecular weight excluding hydrogens is 436 g/mol. The van der Waals surface area contributed by atoms with Gasteiger partial charge in [-0.05, 0) is 37.4 Å². The third-order valence-corrected chi connectivity index (χ3v) is 8.12. The van der Waals surface area contributed by atoms with Crippen molar-refractivity contribution in [3.05, 3.63) is 48.0 Å². The number of anilines is 1. The van der Waals surface area contributed by atoms with Crippen LogP contribution >= 0.6 is 11.5 Å². The molecule has 3 atom stereocenters. The number of benzene rings is 1. The Labute approximate surface area is 185 Å². The maximum atomic E-state index is 12.8. The molecule has 0 radical (unpaired) electrons. The van der Waals surface area contributed by atoms with Crippen molar-refractivity contribution in [2.75, 3.05) is 17.9 Å². The Balaban J connectivity index is 1.45. The molecule has 1 fully saturated rings. The first-order chi connectivity index (χ1) is 15.0. The lowest BCUT2D eigenvalue weighted by Gasteiger charge is -2.44. The smallest absolute Gasteiger partial charge is 0.263 e. The van der Waals surface area contributed by atoms with Gasteiger partial charge in [0.1, 0.15) is 12.1 Å². The summed E-state index contributed by atoms with van der Waals surface area (Å²) in [5.41, 5.74) is 2.15. The average molecular weight is 461 g/mol. The molecule has 5 rings (SSSR count). The van der Waals surface area contributed by atoms with Gasteiger partial charge in [-0.3, -0.25) is 14.7 Å². The van der Waals surface area contributed by atoms with Gasteiger partial charge in [-0.15, -0.1) is 0 Å². The molecular formula is C20H24N6O3S2. The molecule has 0 saturated carbocycles. The number of H-pyrrole nitrogens is 1. The molecule has 2 aliphatic rings. The van der Waals surface area contributed by atoms with Crippen LogP contribution in [0.25, 0.3) is 0 Å². The predicted octanol–water partition coefficient (Wildman–Crippen LogP) is 3.36. The van der Waals surface area contributed by atoms with Crippen molar-refractivity contribution in [2.45, 2.75) is 43.2 Å². The van der Waals surface area contributed by atoms with Gasteiger partial charge in [0.25, 0.3) is 10.0 Å². The fourth-order valence-electron chi connectivity index (χ4n) is 4.55. The molecule has 2 N–H and O–H groups in total. The van der Waals surface area contributed by atoms with Crippen LogP contribution in [0, 0.1) is 5.92 Å². The summed E-state index contributed by atoms with van der Waals surface area (Å²) in [6.07, 6.45) is 6.18. The molecule has 164 valence electrons. The maximum absolute atomic E-state index is 12.8. The van der Waals surface area contributed by atoms with Gasteiger partial charge in [-0.2, -0.15) is 9.47 Å². The topological polar surface area (TPSA) is 113 Å². The number of aromatic nitrogens is 4. The third-order valence-electron chi connectivity index (χ3n) is 6.07. The normalized spacial score (nSPS) is 24.4. The number of piperidine rings is 1. The molecule has 31 heavy (non-hydrogen) atoms. The van der Waals surface area contributed by atoms with Crippen molar-refractivity contribution in [3.63, 3.8) is 0 Å². The van der Waals surface area contributed by atoms with E-state index in [1.54, 1.807) is 18.3 Å². The minimum atomic E-state index is -3.76. The maximum Gasteiger partial charge on any atom is 0.263 e. The van der Waals surface area contributed by atoms with E-state index in [9.17, 15) is 8.42 Å². The van der Waals surface area contributed by atoms with Crippen molar-refractivity contribution < 1.29 is 13.2 Å². The summed E-state index contributed by atoms with van der Waals surface area (Å²) in [4.78, 5) is 6.57. The number of hydrogen-bond acceptors (Lipinski definition) is 8. The lowest BCUT2D eigenvalue weighted by molar-refractivity contribution is 0.0468. The van der Waals surface area contributed by atoms with Crippen LogP contribution in [0.15, 0.2) is 41.7 Å². The fraction of sp³-hybridized carbons (Fsp3) is 0.450. The molecule has 3 aromatic rings. The van der Waals surface area contributed by atoms with E-state index in [1.807, 2.05) is 12.1 Å². The van der Waals surface area contributed by atoms with Gasteiger partial charge in [0.15, 0.2) is 0 Å². The van der Waals surface area contributed by atoms with Gasteiger partial charge in [0, 0.05) is 41.8 Å². The first-order valence-electron chi connectivity index (χ1n) is 10.3. The van der Waals surface area contributed by atoms with Crippen LogP contribution < -0.4 is 9.46 Å². The standard InChI is InChI=1S/C20H24N6O3S2/c1-13-5-8-26(18(10-13)16-4-7-22-24-16)17-6-9-29-19-11-14(2-3-15(17)19)31(27,28)25-20-21-12-23-30-20/h2-4,7,11-13,17-18H,5-6,8-10H2,1H3,(H,22,24)(H,21,23,25)/t13-,17+,18+/m0/s1. The summed E-state index contributed by atoms with van der Waals surface area (Å²) >= 11 is 0.994. The highest BCUT2D eigenvalue weighted by atomic mass is 32.2. The predicted molar refractivity (Wildman–Crippen MR) is 116 cm³/mol. The monoisotopic (exact) mass is 460 g/mol. The van der Waals surface area contributed by atoms with Gasteiger partial charge in [0.2, 0.25) is 5.13 Å². The first kappa shape index (κ1) is 20.4. The summed E-state index contributed by atoms with van der Waals surface area (Å²) < 4.78 is 37.7. The van der Waals surface area contributed by atoms with Crippen LogP contribution in [-0.4, -0.2) is 46.0 Å². The SMILES string of the molecule is C[C@H]1CCN([C@@H]2CCOc3cc(S(=O)(=O)Nc4ncns4)ccc32)[C@@H](c2ccn[nH]2)C1. The van der Waals surface area contributed by atoms with Gasteiger partial charge in [-0.1, -0.05) is 13.0 Å². The number of nitrogens with zero attached hydrogens (tertiary/aromatic N) is 4. The molecule has 0 spiro atoms. The van der Waals surface area contributed by atoms with Crippen molar-refractivity contribution in [1.82, 2.24) is 24.5 Å². The molecule has 1 aromatic carbocycles. The lowest BCUT2D eigenvalue weighted by atomic mass is 9.87. The number of sulfonamides is 1. The summed E-state index contributed by atoms with van der Waals surface area (Å²) in [5.74, 6) is 1.26. The molecule has 11 heteroatoms. The van der Waals surface area contributed by atoms with E-state index < -0.39 is 10.0 Å². The minimum Gasteiger partial charge on any atom is -0.493 e. The quantitative estimate of drug-likeness (QED) is 0.600. The summed E-state index contributed by atoms with van der Waals surface area (Å²) in [6, 6.07) is 7.60. The van der Waals surface area contributed by atoms with E-state index in [4.69, 9.17) is 4.74 Å². The Hall–Kier alpha value is -2.50. The van der Waals surface area contributed by atoms with Crippen molar-refractivity contribution >= 4 is 26.7 Å². The molecule has 0 amide bonds. The lowest BCUT2D eigenvalue weighted by Crippen LogP contribution is -2.41. The second-order valence-corrected chi connectivity index (χ2v) is 10.6. The Morgan fingerprint density at radius 3 is 2.94 bits per heavy atom. The van der Waals surface area contributed by atoms with E-state index in [2.05, 4.69) is 36.1 Å². The molecule has 0 unspecified atom stereocenters. The van der Waals surface area contributed by atoms with E-state index in [1.165, 1.54) is 6.33 Å². The first-order valence-corrected chi connectivity index (χ1v) is 12.6. The zero-order chi connectivity index (χ0) is 21.4. The summed E-state index contributed by atoms with van der Waals surface area (Å²) in [5, 5.41) is 7.54. The Bertz CT molecular complexity index is 1130. The summed E-state index contributed by atoms with van der Waals surface area (Å²) in [6.45, 7) is 3.82. The molecule has 0 bridgehead atoms. The molecule has 9 nitrogen and oxygen atoms in total. The van der Waals surface area contributed by atoms with Gasteiger partial charge >= 0.3 is 0 Å². The second-order valence-electron chi connectivity index (χ2n) is 8.10. The zero-order valence-corrected chi connectivity index (χ0v) is 18.7. The highest BCUT2D eigenvalue weighted by Gasteiger charge is 2.37. The minimum absolute atomic E-state index is 0.152. The molecule has 0 aliphatic carbocycles. The Kier molecular flexibility index (Phi) is 5.40. The molecule has 4 heterocycles. The Morgan fingerprint density at radius 1 is 1.26 bits per heavy atom. The van der Waals surface area contributed by atoms with Crippen LogP contribution in [-0.2, 0) is 10.0 Å². The number of hydrogen-bond donors (Lipinski definition) is 2. The summed E-state index contributed by atoms with van der Waals surface area (Å²) in [7, 11) is -3.76. The van der Waals surface area contributed by atoms with Gasteiger partial charge < -0.3 is 4.74 Å². The van der Waals surface area contributed by atoms with Crippen LogP contribution in [0.2, 0.25) is 0 Å². The van der Waals surface area contributed by atoms with Crippen LogP contribution in [0.3, 0.4) is 0 Å². The van der Waals surface area contributed by atoms with Crippen molar-refractivity contribution in [1.29, 1.82) is 0 Å². The Morgan fingerprint density at radius 2 is 2.16 bits per heavy atom. The van der Waals surface area contributed by atoms with Crippen LogP contribution in [0.5, 0.6) is 5.75 Å². The van der Waals surface area contributed by atoms with E-state index in [0.29, 0.717) is 18.3 Å². The van der Waals surface area contributed by atoms with E-state index in [-0.39, 0.29) is 22.1 Å². The number of fused-ring (bicyclic) bond motifs is 1. The average Bonchev–Trinajstić information content (AvgIpc) is 3.47. The highest BCUT2D eigenvalue weighted by molar-refractivity contribution is 7.93. The third kappa shape index (κ3) is 4.04. The van der Waals surface area contributed by atoms with Crippen LogP contribution in [0.1, 0.15) is 49.5 Å². The number of ether oxygens (including phenoxy) is 1. The fourth-order valence-corrected chi connectivity index (χ4v) is 6.22. The molecule has 2 aliphatic heterocycles. The van der Waals surface area contributed by atoms with E-state index in [0.717, 1.165) is 48.6 Å². The van der Waals surface area contributed by atoms with Gasteiger partial charge in [0.05, 0.1) is 23.2 Å². The zero-order valence-electron chi connectivity index (χ0n) is 17.1. The van der Waals surface area contributed by atoms with Crippen molar-refractivity contribution in [2.24, 2.45) is 5.92 Å². The molecule has 1 saturated heterocycles. The number of aromatic amines is 1. The number of nitrogens with one attached hydrogen (secondary N) is 2. The second kappa shape index (κ2) is 8.21. The van der Waals surface area contributed by atoms with Crippen molar-refractivity contribution in [3.8, 4) is 5.75 Å². The largest absolute Gasteiger partial charge is 0.493 e. The van der Waals surface area contributed by atoms with Crippen LogP contribution in [0.4, 0.5) is 5.13 Å². The number of rotatable bonds is 5. The van der Waals surface area contributed by atoms with E-state index >= 15 is 0 Å². The molecule has 2 aromatic heterocycles.